The molecule has 20 heavy (non-hydrogen) atoms. The number of hydrogen-bond donors (Lipinski definition) is 1. The van der Waals surface area contributed by atoms with E-state index in [9.17, 15) is 26.4 Å². The summed E-state index contributed by atoms with van der Waals surface area (Å²) >= 11 is 2.97. The van der Waals surface area contributed by atoms with Crippen molar-refractivity contribution in [2.45, 2.75) is 11.3 Å². The zero-order valence-electron chi connectivity index (χ0n) is 9.65. The number of hydrogen-bond acceptors (Lipinski definition) is 4. The van der Waals surface area contributed by atoms with Crippen molar-refractivity contribution >= 4 is 31.7 Å². The fraction of sp³-hybridized carbons (Fsp3) is 0.300. The largest absolute Gasteiger partial charge is 0.522 e. The van der Waals surface area contributed by atoms with Crippen molar-refractivity contribution in [3.63, 3.8) is 0 Å². The fourth-order valence-corrected chi connectivity index (χ4v) is 3.14. The number of sulfone groups is 1. The van der Waals surface area contributed by atoms with Crippen LogP contribution in [0.2, 0.25) is 0 Å². The number of carboxylic acids is 1. The van der Waals surface area contributed by atoms with E-state index < -0.39 is 45.0 Å². The van der Waals surface area contributed by atoms with Crippen LogP contribution in [0.5, 0.6) is 0 Å². The lowest BCUT2D eigenvalue weighted by Crippen LogP contribution is -2.21. The van der Waals surface area contributed by atoms with Gasteiger partial charge in [0.1, 0.15) is 0 Å². The second-order valence-corrected chi connectivity index (χ2v) is 6.55. The lowest BCUT2D eigenvalue weighted by molar-refractivity contribution is -0.322. The van der Waals surface area contributed by atoms with E-state index >= 15 is 0 Å². The number of rotatable bonds is 5. The molecule has 0 radical (unpaired) electrons. The molecule has 1 aromatic rings. The molecule has 5 nitrogen and oxygen atoms in total. The SMILES string of the molecule is O=C(O)c1ccc(Br)cc1S(=O)(=O)CCOC(F)(F)F. The van der Waals surface area contributed by atoms with Crippen LogP contribution in [0.3, 0.4) is 0 Å². The number of benzene rings is 1. The summed E-state index contributed by atoms with van der Waals surface area (Å²) in [5.74, 6) is -2.48. The molecule has 0 aliphatic rings. The molecule has 0 atom stereocenters. The van der Waals surface area contributed by atoms with Crippen LogP contribution < -0.4 is 0 Å². The maximum atomic E-state index is 11.9. The first-order valence-corrected chi connectivity index (χ1v) is 7.44. The first-order valence-electron chi connectivity index (χ1n) is 4.99. The summed E-state index contributed by atoms with van der Waals surface area (Å²) < 4.78 is 62.8. The Kier molecular flexibility index (Phi) is 5.16. The Bertz CT molecular complexity index is 612. The van der Waals surface area contributed by atoms with Crippen LogP contribution in [0.1, 0.15) is 10.4 Å². The van der Waals surface area contributed by atoms with Gasteiger partial charge in [0.05, 0.1) is 22.8 Å². The highest BCUT2D eigenvalue weighted by atomic mass is 79.9. The van der Waals surface area contributed by atoms with E-state index in [1.54, 1.807) is 0 Å². The molecular formula is C10H8BrF3O5S. The highest BCUT2D eigenvalue weighted by Crippen LogP contribution is 2.23. The van der Waals surface area contributed by atoms with E-state index in [1.807, 2.05) is 0 Å². The Hall–Kier alpha value is -1.13. The highest BCUT2D eigenvalue weighted by molar-refractivity contribution is 9.10. The molecule has 0 aliphatic carbocycles. The monoisotopic (exact) mass is 376 g/mol. The Labute approximate surface area is 120 Å². The molecule has 0 unspecified atom stereocenters. The maximum absolute atomic E-state index is 11.9. The summed E-state index contributed by atoms with van der Waals surface area (Å²) in [5, 5.41) is 8.88. The highest BCUT2D eigenvalue weighted by Gasteiger charge is 2.30. The molecule has 0 bridgehead atoms. The number of carboxylic acid groups (broad SMARTS) is 1. The van der Waals surface area contributed by atoms with Crippen LogP contribution in [-0.4, -0.2) is 38.2 Å². The lowest BCUT2D eigenvalue weighted by Gasteiger charge is -2.10. The van der Waals surface area contributed by atoms with Gasteiger partial charge in [0.15, 0.2) is 9.84 Å². The molecule has 0 aliphatic heterocycles. The van der Waals surface area contributed by atoms with Crippen molar-refractivity contribution in [2.24, 2.45) is 0 Å². The number of aromatic carboxylic acids is 1. The van der Waals surface area contributed by atoms with Crippen molar-refractivity contribution in [3.8, 4) is 0 Å². The van der Waals surface area contributed by atoms with E-state index in [0.29, 0.717) is 0 Å². The molecule has 0 saturated heterocycles. The Morgan fingerprint density at radius 3 is 2.45 bits per heavy atom. The Morgan fingerprint density at radius 1 is 1.35 bits per heavy atom. The van der Waals surface area contributed by atoms with Gasteiger partial charge in [0, 0.05) is 4.47 Å². The normalized spacial score (nSPS) is 12.4. The fourth-order valence-electron chi connectivity index (χ4n) is 1.31. The summed E-state index contributed by atoms with van der Waals surface area (Å²) in [7, 11) is -4.22. The van der Waals surface area contributed by atoms with Gasteiger partial charge in [-0.1, -0.05) is 15.9 Å². The summed E-state index contributed by atoms with van der Waals surface area (Å²) in [6.07, 6.45) is -4.94. The van der Waals surface area contributed by atoms with Crippen LogP contribution in [-0.2, 0) is 14.6 Å². The molecule has 1 rings (SSSR count). The van der Waals surface area contributed by atoms with E-state index in [0.717, 1.165) is 12.1 Å². The van der Waals surface area contributed by atoms with Crippen LogP contribution in [0, 0.1) is 0 Å². The minimum Gasteiger partial charge on any atom is -0.478 e. The second-order valence-electron chi connectivity index (χ2n) is 3.56. The smallest absolute Gasteiger partial charge is 0.478 e. The molecule has 1 N–H and O–H groups in total. The van der Waals surface area contributed by atoms with Gasteiger partial charge in [0.2, 0.25) is 0 Å². The van der Waals surface area contributed by atoms with Crippen LogP contribution >= 0.6 is 15.9 Å². The van der Waals surface area contributed by atoms with Crippen molar-refractivity contribution < 1.29 is 36.2 Å². The second kappa shape index (κ2) is 6.10. The minimum absolute atomic E-state index is 0.290. The molecule has 112 valence electrons. The summed E-state index contributed by atoms with van der Waals surface area (Å²) in [6, 6.07) is 3.38. The number of alkyl halides is 3. The average Bonchev–Trinajstić information content (AvgIpc) is 2.26. The van der Waals surface area contributed by atoms with Crippen LogP contribution in [0.15, 0.2) is 27.6 Å². The van der Waals surface area contributed by atoms with Gasteiger partial charge >= 0.3 is 12.3 Å². The zero-order chi connectivity index (χ0) is 15.6. The molecule has 0 amide bonds. The van der Waals surface area contributed by atoms with E-state index in [2.05, 4.69) is 20.7 Å². The summed E-state index contributed by atoms with van der Waals surface area (Å²) in [6.45, 7) is -1.11. The van der Waals surface area contributed by atoms with E-state index in [4.69, 9.17) is 5.11 Å². The minimum atomic E-state index is -4.94. The van der Waals surface area contributed by atoms with Gasteiger partial charge in [-0.25, -0.2) is 13.2 Å². The van der Waals surface area contributed by atoms with Crippen molar-refractivity contribution in [1.82, 2.24) is 0 Å². The lowest BCUT2D eigenvalue weighted by atomic mass is 10.2. The maximum Gasteiger partial charge on any atom is 0.522 e. The predicted molar refractivity (Wildman–Crippen MR) is 65.2 cm³/mol. The van der Waals surface area contributed by atoms with Gasteiger partial charge in [-0.2, -0.15) is 0 Å². The molecule has 0 spiro atoms. The predicted octanol–water partition coefficient (Wildman–Crippen LogP) is 2.46. The number of halogens is 4. The summed E-state index contributed by atoms with van der Waals surface area (Å²) in [4.78, 5) is 10.4. The average molecular weight is 377 g/mol. The van der Waals surface area contributed by atoms with Gasteiger partial charge in [-0.05, 0) is 18.2 Å². The van der Waals surface area contributed by atoms with E-state index in [-0.39, 0.29) is 4.47 Å². The molecular weight excluding hydrogens is 369 g/mol. The van der Waals surface area contributed by atoms with Crippen molar-refractivity contribution in [1.29, 1.82) is 0 Å². The summed E-state index contributed by atoms with van der Waals surface area (Å²) in [5.41, 5.74) is -0.514. The Balaban J connectivity index is 3.03. The molecule has 1 aromatic carbocycles. The van der Waals surface area contributed by atoms with Crippen LogP contribution in [0.4, 0.5) is 13.2 Å². The van der Waals surface area contributed by atoms with Gasteiger partial charge < -0.3 is 5.11 Å². The number of carbonyl (C=O) groups is 1. The zero-order valence-corrected chi connectivity index (χ0v) is 12.0. The van der Waals surface area contributed by atoms with Gasteiger partial charge in [0.25, 0.3) is 0 Å². The molecule has 10 heteroatoms. The van der Waals surface area contributed by atoms with Gasteiger partial charge in [-0.3, -0.25) is 4.74 Å². The Morgan fingerprint density at radius 2 is 1.95 bits per heavy atom. The first kappa shape index (κ1) is 16.9. The third-order valence-corrected chi connectivity index (χ3v) is 4.33. The third-order valence-electron chi connectivity index (χ3n) is 2.13. The first-order chi connectivity index (χ1) is 9.03. The molecule has 0 heterocycles. The van der Waals surface area contributed by atoms with E-state index in [1.165, 1.54) is 6.07 Å². The molecule has 0 aromatic heterocycles. The standard InChI is InChI=1S/C10H8BrF3O5S/c11-6-1-2-7(9(15)16)8(5-6)20(17,18)4-3-19-10(12,13)14/h1-2,5H,3-4H2,(H,15,16). The third kappa shape index (κ3) is 4.76. The van der Waals surface area contributed by atoms with Gasteiger partial charge in [-0.15, -0.1) is 13.2 Å². The van der Waals surface area contributed by atoms with Crippen molar-refractivity contribution in [3.05, 3.63) is 28.2 Å². The number of ether oxygens (including phenoxy) is 1. The quantitative estimate of drug-likeness (QED) is 0.853. The van der Waals surface area contributed by atoms with Crippen molar-refractivity contribution in [2.75, 3.05) is 12.4 Å². The molecule has 0 fully saturated rings. The topological polar surface area (TPSA) is 80.7 Å². The van der Waals surface area contributed by atoms with Crippen LogP contribution in [0.25, 0.3) is 0 Å². The molecule has 0 saturated carbocycles.